The molecule has 7 fully saturated rings. The first-order chi connectivity index (χ1) is 15.2. The van der Waals surface area contributed by atoms with Gasteiger partial charge in [-0.15, -0.1) is 0 Å². The molecule has 0 radical (unpaired) electrons. The second-order valence-corrected chi connectivity index (χ2v) is 11.2. The Hall–Kier alpha value is -1.22. The van der Waals surface area contributed by atoms with E-state index in [9.17, 15) is 9.59 Å². The van der Waals surface area contributed by atoms with Crippen LogP contribution in [0.3, 0.4) is 0 Å². The molecule has 11 atom stereocenters. The Morgan fingerprint density at radius 2 is 1.78 bits per heavy atom. The van der Waals surface area contributed by atoms with Crippen LogP contribution in [-0.4, -0.2) is 61.6 Å². The molecule has 2 saturated carbocycles. The zero-order valence-electron chi connectivity index (χ0n) is 19.3. The Morgan fingerprint density at radius 1 is 1.03 bits per heavy atom. The number of esters is 2. The highest BCUT2D eigenvalue weighted by atomic mass is 16.7. The lowest BCUT2D eigenvalue weighted by Crippen LogP contribution is -2.77. The van der Waals surface area contributed by atoms with Crippen LogP contribution in [0.15, 0.2) is 0 Å². The van der Waals surface area contributed by atoms with Crippen molar-refractivity contribution < 1.29 is 38.0 Å². The van der Waals surface area contributed by atoms with Gasteiger partial charge in [0.25, 0.3) is 0 Å². The lowest BCUT2D eigenvalue weighted by molar-refractivity contribution is -0.375. The molecule has 2 aliphatic carbocycles. The van der Waals surface area contributed by atoms with E-state index in [0.29, 0.717) is 18.9 Å². The monoisotopic (exact) mass is 450 g/mol. The predicted octanol–water partition coefficient (Wildman–Crippen LogP) is 2.57. The van der Waals surface area contributed by atoms with Crippen LogP contribution in [0.2, 0.25) is 0 Å². The van der Waals surface area contributed by atoms with Crippen LogP contribution in [0, 0.1) is 28.6 Å². The lowest BCUT2D eigenvalue weighted by Gasteiger charge is -2.69. The highest BCUT2D eigenvalue weighted by molar-refractivity contribution is 5.67. The van der Waals surface area contributed by atoms with E-state index in [1.165, 1.54) is 13.8 Å². The third-order valence-corrected chi connectivity index (χ3v) is 9.78. The normalized spacial score (nSPS) is 55.4. The third-order valence-electron chi connectivity index (χ3n) is 9.78. The first-order valence-electron chi connectivity index (χ1n) is 12.1. The molecular formula is C24H34O8. The summed E-state index contributed by atoms with van der Waals surface area (Å²) in [5.74, 6) is 0.00164. The molecule has 8 nitrogen and oxygen atoms in total. The van der Waals surface area contributed by atoms with E-state index < -0.39 is 29.4 Å². The van der Waals surface area contributed by atoms with Crippen molar-refractivity contribution in [2.75, 3.05) is 13.2 Å². The maximum atomic E-state index is 12.2. The number of carbonyl (C=O) groups is 2. The Balaban J connectivity index is 1.47. The average Bonchev–Trinajstić information content (AvgIpc) is 3.14. The maximum Gasteiger partial charge on any atom is 0.304 e. The van der Waals surface area contributed by atoms with Crippen LogP contribution in [0.25, 0.3) is 0 Å². The Labute approximate surface area is 188 Å². The summed E-state index contributed by atoms with van der Waals surface area (Å²) < 4.78 is 36.8. The van der Waals surface area contributed by atoms with Gasteiger partial charge in [0.05, 0.1) is 25.4 Å². The fourth-order valence-electron chi connectivity index (χ4n) is 8.22. The first-order valence-corrected chi connectivity index (χ1v) is 12.1. The molecule has 5 aliphatic heterocycles. The van der Waals surface area contributed by atoms with Crippen LogP contribution in [0.1, 0.15) is 59.8 Å². The summed E-state index contributed by atoms with van der Waals surface area (Å²) in [6, 6.07) is 0. The van der Waals surface area contributed by atoms with Crippen molar-refractivity contribution in [2.45, 2.75) is 96.3 Å². The van der Waals surface area contributed by atoms with Gasteiger partial charge in [-0.05, 0) is 37.5 Å². The van der Waals surface area contributed by atoms with Crippen molar-refractivity contribution in [3.8, 4) is 0 Å². The summed E-state index contributed by atoms with van der Waals surface area (Å²) in [5.41, 5.74) is -1.46. The Morgan fingerprint density at radius 3 is 2.44 bits per heavy atom. The standard InChI is InChI=1S/C24H34O8/c1-12-7-19(29-13(2)25)24-17(22(12,4)18-8-15-5-6-27-20(15)32-18)9-16(10-23(24)11-28-23)31-21(24)30-14(3)26/h12,15-21H,5-11H2,1-4H3/t12-,15-,16-,17-,18+,19+,20+,21?,22+,23+,24+/m1/s1. The van der Waals surface area contributed by atoms with Gasteiger partial charge in [-0.25, -0.2) is 0 Å². The molecular weight excluding hydrogens is 416 g/mol. The summed E-state index contributed by atoms with van der Waals surface area (Å²) in [6.45, 7) is 8.75. The minimum Gasteiger partial charge on any atom is -0.462 e. The van der Waals surface area contributed by atoms with E-state index in [2.05, 4.69) is 13.8 Å². The Bertz CT molecular complexity index is 813. The molecule has 0 aromatic rings. The number of epoxide rings is 1. The fraction of sp³-hybridized carbons (Fsp3) is 0.917. The van der Waals surface area contributed by atoms with Gasteiger partial charge in [-0.3, -0.25) is 9.59 Å². The third kappa shape index (κ3) is 2.64. The number of hydrogen-bond donors (Lipinski definition) is 0. The molecule has 0 amide bonds. The van der Waals surface area contributed by atoms with E-state index >= 15 is 0 Å². The lowest BCUT2D eigenvalue weighted by atomic mass is 9.40. The van der Waals surface area contributed by atoms with Crippen LogP contribution in [0.5, 0.6) is 0 Å². The average molecular weight is 451 g/mol. The second-order valence-electron chi connectivity index (χ2n) is 11.2. The fourth-order valence-corrected chi connectivity index (χ4v) is 8.22. The molecule has 32 heavy (non-hydrogen) atoms. The molecule has 1 unspecified atom stereocenters. The smallest absolute Gasteiger partial charge is 0.304 e. The van der Waals surface area contributed by atoms with E-state index in [4.69, 9.17) is 28.4 Å². The Kier molecular flexibility index (Phi) is 4.60. The van der Waals surface area contributed by atoms with Gasteiger partial charge in [-0.1, -0.05) is 13.8 Å². The predicted molar refractivity (Wildman–Crippen MR) is 109 cm³/mol. The van der Waals surface area contributed by atoms with Gasteiger partial charge in [-0.2, -0.15) is 0 Å². The topological polar surface area (TPSA) is 92.8 Å². The molecule has 0 aromatic carbocycles. The molecule has 7 rings (SSSR count). The molecule has 5 saturated heterocycles. The molecule has 0 N–H and O–H groups in total. The summed E-state index contributed by atoms with van der Waals surface area (Å²) in [6.07, 6.45) is 2.81. The summed E-state index contributed by atoms with van der Waals surface area (Å²) in [7, 11) is 0. The van der Waals surface area contributed by atoms with E-state index in [1.807, 2.05) is 0 Å². The number of rotatable bonds is 3. The zero-order chi connectivity index (χ0) is 22.5. The molecule has 8 heteroatoms. The SMILES string of the molecule is CC(=O)OC1O[C@@H]2C[C@@H]3[C@@](C)([C@@H]4C[C@H]5CCO[C@H]5O4)[C@H](C)C[C@H](OC(C)=O)[C@]13[C@@]1(CO1)C2. The van der Waals surface area contributed by atoms with Crippen molar-refractivity contribution >= 4 is 11.9 Å². The maximum absolute atomic E-state index is 12.2. The van der Waals surface area contributed by atoms with Crippen LogP contribution >= 0.6 is 0 Å². The van der Waals surface area contributed by atoms with Gasteiger partial charge < -0.3 is 28.4 Å². The zero-order valence-corrected chi connectivity index (χ0v) is 19.3. The summed E-state index contributed by atoms with van der Waals surface area (Å²) in [4.78, 5) is 24.4. The minimum atomic E-state index is -0.798. The van der Waals surface area contributed by atoms with Gasteiger partial charge in [0.1, 0.15) is 17.1 Å². The van der Waals surface area contributed by atoms with Crippen molar-refractivity contribution in [3.63, 3.8) is 0 Å². The highest BCUT2D eigenvalue weighted by Crippen LogP contribution is 2.74. The van der Waals surface area contributed by atoms with Crippen molar-refractivity contribution in [1.82, 2.24) is 0 Å². The van der Waals surface area contributed by atoms with Crippen molar-refractivity contribution in [3.05, 3.63) is 0 Å². The van der Waals surface area contributed by atoms with E-state index in [-0.39, 0.29) is 41.7 Å². The van der Waals surface area contributed by atoms with E-state index in [1.54, 1.807) is 0 Å². The minimum absolute atomic E-state index is 0.0288. The van der Waals surface area contributed by atoms with Crippen LogP contribution < -0.4 is 0 Å². The molecule has 0 aromatic heterocycles. The van der Waals surface area contributed by atoms with Gasteiger partial charge >= 0.3 is 11.9 Å². The largest absolute Gasteiger partial charge is 0.462 e. The van der Waals surface area contributed by atoms with E-state index in [0.717, 1.165) is 32.3 Å². The second kappa shape index (κ2) is 6.90. The van der Waals surface area contributed by atoms with Crippen LogP contribution in [0.4, 0.5) is 0 Å². The number of hydrogen-bond acceptors (Lipinski definition) is 8. The van der Waals surface area contributed by atoms with Gasteiger partial charge in [0.15, 0.2) is 6.29 Å². The summed E-state index contributed by atoms with van der Waals surface area (Å²) in [5, 5.41) is 0. The van der Waals surface area contributed by atoms with Crippen molar-refractivity contribution in [1.29, 1.82) is 0 Å². The molecule has 7 aliphatic rings. The molecule has 2 spiro atoms. The number of ether oxygens (including phenoxy) is 6. The van der Waals surface area contributed by atoms with Gasteiger partial charge in [0.2, 0.25) is 6.29 Å². The molecule has 5 heterocycles. The van der Waals surface area contributed by atoms with Gasteiger partial charge in [0, 0.05) is 31.6 Å². The quantitative estimate of drug-likeness (QED) is 0.479. The number of fused-ring (bicyclic) bond motifs is 2. The first kappa shape index (κ1) is 21.3. The van der Waals surface area contributed by atoms with Crippen molar-refractivity contribution in [2.24, 2.45) is 28.6 Å². The van der Waals surface area contributed by atoms with Crippen LogP contribution in [-0.2, 0) is 38.0 Å². The number of carbonyl (C=O) groups excluding carboxylic acids is 2. The summed E-state index contributed by atoms with van der Waals surface area (Å²) >= 11 is 0. The molecule has 178 valence electrons. The highest BCUT2D eigenvalue weighted by Gasteiger charge is 2.83. The molecule has 2 bridgehead atoms.